The lowest BCUT2D eigenvalue weighted by Crippen LogP contribution is -2.30. The first-order chi connectivity index (χ1) is 14.2. The third-order valence-corrected chi connectivity index (χ3v) is 4.73. The Kier molecular flexibility index (Phi) is 5.56. The summed E-state index contributed by atoms with van der Waals surface area (Å²) in [6.07, 6.45) is 0.636. The van der Waals surface area contributed by atoms with Crippen LogP contribution in [-0.4, -0.2) is 22.5 Å². The summed E-state index contributed by atoms with van der Waals surface area (Å²) in [4.78, 5) is 21.0. The molecule has 1 heterocycles. The van der Waals surface area contributed by atoms with Gasteiger partial charge < -0.3 is 15.0 Å². The summed E-state index contributed by atoms with van der Waals surface area (Å²) in [5.41, 5.74) is 3.52. The number of amides is 1. The van der Waals surface area contributed by atoms with Gasteiger partial charge in [0.15, 0.2) is 0 Å². The Labute approximate surface area is 169 Å². The molecule has 0 aliphatic heterocycles. The van der Waals surface area contributed by atoms with Crippen LogP contribution < -0.4 is 10.1 Å². The minimum Gasteiger partial charge on any atom is -0.494 e. The molecule has 5 heteroatoms. The van der Waals surface area contributed by atoms with E-state index < -0.39 is 0 Å². The van der Waals surface area contributed by atoms with E-state index in [1.54, 1.807) is 12.1 Å². The standard InChI is InChI=1S/C24H23N3O2/c1-2-29-19-12-8-11-18(16-19)24(28)27-22(15-17-9-4-3-5-10-17)23-25-20-13-6-7-14-21(20)26-23/h3-14,16,22H,2,15H2,1H3,(H,25,26)(H,27,28)/t22-/m0/s1. The molecule has 0 fully saturated rings. The maximum Gasteiger partial charge on any atom is 0.252 e. The zero-order valence-electron chi connectivity index (χ0n) is 16.3. The van der Waals surface area contributed by atoms with Crippen LogP contribution in [-0.2, 0) is 6.42 Å². The molecular formula is C24H23N3O2. The lowest BCUT2D eigenvalue weighted by atomic mass is 10.0. The topological polar surface area (TPSA) is 67.0 Å². The van der Waals surface area contributed by atoms with Crippen molar-refractivity contribution >= 4 is 16.9 Å². The van der Waals surface area contributed by atoms with E-state index in [2.05, 4.69) is 22.4 Å². The third kappa shape index (κ3) is 4.46. The molecule has 0 bridgehead atoms. The van der Waals surface area contributed by atoms with Crippen molar-refractivity contribution in [3.63, 3.8) is 0 Å². The van der Waals surface area contributed by atoms with Gasteiger partial charge in [0.25, 0.3) is 5.91 Å². The number of ether oxygens (including phenoxy) is 1. The lowest BCUT2D eigenvalue weighted by Gasteiger charge is -2.17. The Morgan fingerprint density at radius 3 is 2.62 bits per heavy atom. The number of para-hydroxylation sites is 2. The van der Waals surface area contributed by atoms with Crippen LogP contribution in [0.3, 0.4) is 0 Å². The van der Waals surface area contributed by atoms with Gasteiger partial charge in [-0.3, -0.25) is 4.79 Å². The molecule has 4 aromatic rings. The number of benzene rings is 3. The van der Waals surface area contributed by atoms with Crippen LogP contribution in [0, 0.1) is 0 Å². The van der Waals surface area contributed by atoms with E-state index in [9.17, 15) is 4.79 Å². The number of nitrogens with zero attached hydrogens (tertiary/aromatic N) is 1. The van der Waals surface area contributed by atoms with Gasteiger partial charge in [-0.15, -0.1) is 0 Å². The van der Waals surface area contributed by atoms with Crippen molar-refractivity contribution < 1.29 is 9.53 Å². The number of fused-ring (bicyclic) bond motifs is 1. The number of hydrogen-bond acceptors (Lipinski definition) is 3. The van der Waals surface area contributed by atoms with E-state index in [0.717, 1.165) is 22.4 Å². The molecule has 1 amide bonds. The highest BCUT2D eigenvalue weighted by atomic mass is 16.5. The average Bonchev–Trinajstić information content (AvgIpc) is 3.19. The number of aromatic nitrogens is 2. The van der Waals surface area contributed by atoms with E-state index in [1.807, 2.05) is 61.5 Å². The van der Waals surface area contributed by atoms with Gasteiger partial charge in [-0.25, -0.2) is 4.98 Å². The predicted octanol–water partition coefficient (Wildman–Crippen LogP) is 4.68. The Balaban J connectivity index is 1.62. The quantitative estimate of drug-likeness (QED) is 0.486. The molecule has 0 aliphatic carbocycles. The molecule has 0 spiro atoms. The maximum absolute atomic E-state index is 13.0. The van der Waals surface area contributed by atoms with E-state index in [4.69, 9.17) is 9.72 Å². The van der Waals surface area contributed by atoms with Crippen molar-refractivity contribution in [3.05, 3.63) is 95.8 Å². The minimum atomic E-state index is -0.284. The molecule has 0 saturated heterocycles. The second kappa shape index (κ2) is 8.61. The Bertz CT molecular complexity index is 1070. The van der Waals surface area contributed by atoms with Gasteiger partial charge in [0.05, 0.1) is 23.7 Å². The highest BCUT2D eigenvalue weighted by Gasteiger charge is 2.20. The smallest absolute Gasteiger partial charge is 0.252 e. The third-order valence-electron chi connectivity index (χ3n) is 4.73. The second-order valence-electron chi connectivity index (χ2n) is 6.82. The van der Waals surface area contributed by atoms with E-state index in [1.165, 1.54) is 0 Å². The molecule has 5 nitrogen and oxygen atoms in total. The molecule has 0 unspecified atom stereocenters. The SMILES string of the molecule is CCOc1cccc(C(=O)N[C@@H](Cc2ccccc2)c2nc3ccccc3[nH]2)c1. The first-order valence-electron chi connectivity index (χ1n) is 9.75. The lowest BCUT2D eigenvalue weighted by molar-refractivity contribution is 0.0934. The highest BCUT2D eigenvalue weighted by molar-refractivity contribution is 5.94. The van der Waals surface area contributed by atoms with Crippen LogP contribution in [0.25, 0.3) is 11.0 Å². The maximum atomic E-state index is 13.0. The Morgan fingerprint density at radius 2 is 1.83 bits per heavy atom. The van der Waals surface area contributed by atoms with E-state index in [-0.39, 0.29) is 11.9 Å². The van der Waals surface area contributed by atoms with Crippen molar-refractivity contribution in [2.24, 2.45) is 0 Å². The van der Waals surface area contributed by atoms with Crippen LogP contribution in [0.4, 0.5) is 0 Å². The fourth-order valence-corrected chi connectivity index (χ4v) is 3.34. The van der Waals surface area contributed by atoms with E-state index >= 15 is 0 Å². The number of aromatic amines is 1. The molecule has 1 atom stereocenters. The zero-order valence-corrected chi connectivity index (χ0v) is 16.3. The zero-order chi connectivity index (χ0) is 20.1. The number of H-pyrrole nitrogens is 1. The number of carbonyl (C=O) groups excluding carboxylic acids is 1. The van der Waals surface area contributed by atoms with Crippen molar-refractivity contribution in [3.8, 4) is 5.75 Å². The molecule has 0 aliphatic rings. The molecule has 2 N–H and O–H groups in total. The molecule has 0 saturated carbocycles. The number of carbonyl (C=O) groups is 1. The highest BCUT2D eigenvalue weighted by Crippen LogP contribution is 2.21. The van der Waals surface area contributed by atoms with Crippen molar-refractivity contribution in [2.45, 2.75) is 19.4 Å². The molecule has 3 aromatic carbocycles. The number of hydrogen-bond donors (Lipinski definition) is 2. The van der Waals surface area contributed by atoms with Crippen LogP contribution in [0.1, 0.15) is 34.7 Å². The van der Waals surface area contributed by atoms with Gasteiger partial charge in [-0.2, -0.15) is 0 Å². The molecule has 4 rings (SSSR count). The van der Waals surface area contributed by atoms with Crippen molar-refractivity contribution in [1.29, 1.82) is 0 Å². The fraction of sp³-hybridized carbons (Fsp3) is 0.167. The first-order valence-corrected chi connectivity index (χ1v) is 9.75. The summed E-state index contributed by atoms with van der Waals surface area (Å²) in [6, 6.07) is 24.9. The first kappa shape index (κ1) is 18.7. The summed E-state index contributed by atoms with van der Waals surface area (Å²) in [5.74, 6) is 1.26. The molecule has 29 heavy (non-hydrogen) atoms. The van der Waals surface area contributed by atoms with Crippen molar-refractivity contribution in [1.82, 2.24) is 15.3 Å². The van der Waals surface area contributed by atoms with Crippen LogP contribution in [0.5, 0.6) is 5.75 Å². The molecule has 1 aromatic heterocycles. The molecule has 0 radical (unpaired) electrons. The van der Waals surface area contributed by atoms with Gasteiger partial charge >= 0.3 is 0 Å². The summed E-state index contributed by atoms with van der Waals surface area (Å²) in [5, 5.41) is 3.14. The fourth-order valence-electron chi connectivity index (χ4n) is 3.34. The van der Waals surface area contributed by atoms with Crippen molar-refractivity contribution in [2.75, 3.05) is 6.61 Å². The summed E-state index contributed by atoms with van der Waals surface area (Å²) < 4.78 is 5.52. The predicted molar refractivity (Wildman–Crippen MR) is 114 cm³/mol. The Hall–Kier alpha value is -3.60. The van der Waals surface area contributed by atoms with Gasteiger partial charge in [-0.05, 0) is 49.2 Å². The number of imidazole rings is 1. The molecule has 146 valence electrons. The monoisotopic (exact) mass is 385 g/mol. The largest absolute Gasteiger partial charge is 0.494 e. The minimum absolute atomic E-state index is 0.159. The number of rotatable bonds is 7. The van der Waals surface area contributed by atoms with Crippen LogP contribution in [0.2, 0.25) is 0 Å². The second-order valence-corrected chi connectivity index (χ2v) is 6.82. The van der Waals surface area contributed by atoms with Gasteiger partial charge in [0.2, 0.25) is 0 Å². The van der Waals surface area contributed by atoms with Gasteiger partial charge in [0, 0.05) is 5.56 Å². The van der Waals surface area contributed by atoms with Gasteiger partial charge in [0.1, 0.15) is 11.6 Å². The molecular weight excluding hydrogens is 362 g/mol. The Morgan fingerprint density at radius 1 is 1.03 bits per heavy atom. The summed E-state index contributed by atoms with van der Waals surface area (Å²) in [7, 11) is 0. The normalized spacial score (nSPS) is 11.9. The van der Waals surface area contributed by atoms with E-state index in [0.29, 0.717) is 24.3 Å². The van der Waals surface area contributed by atoms with Gasteiger partial charge in [-0.1, -0.05) is 48.5 Å². The van der Waals surface area contributed by atoms with Crippen LogP contribution >= 0.6 is 0 Å². The average molecular weight is 385 g/mol. The summed E-state index contributed by atoms with van der Waals surface area (Å²) >= 11 is 0. The number of nitrogens with one attached hydrogen (secondary N) is 2. The van der Waals surface area contributed by atoms with Crippen LogP contribution in [0.15, 0.2) is 78.9 Å². The summed E-state index contributed by atoms with van der Waals surface area (Å²) in [6.45, 7) is 2.48.